The zero-order chi connectivity index (χ0) is 18.7. The van der Waals surface area contributed by atoms with Crippen molar-refractivity contribution in [3.05, 3.63) is 78.0 Å². The van der Waals surface area contributed by atoms with E-state index in [2.05, 4.69) is 5.32 Å². The first-order chi connectivity index (χ1) is 12.1. The molecule has 0 aromatic heterocycles. The maximum absolute atomic E-state index is 12.2. The Labute approximate surface area is 150 Å². The van der Waals surface area contributed by atoms with Crippen LogP contribution in [0.4, 0.5) is 5.69 Å². The molecule has 0 fully saturated rings. The zero-order valence-corrected chi connectivity index (χ0v) is 15.2. The third-order valence-corrected chi connectivity index (χ3v) is 3.16. The molecule has 0 bridgehead atoms. The molecule has 2 aromatic carbocycles. The van der Waals surface area contributed by atoms with Crippen molar-refractivity contribution in [3.8, 4) is 11.5 Å². The smallest absolute Gasteiger partial charge is 0.255 e. The van der Waals surface area contributed by atoms with Gasteiger partial charge in [0.15, 0.2) is 0 Å². The Morgan fingerprint density at radius 1 is 1.08 bits per heavy atom. The highest BCUT2D eigenvalue weighted by atomic mass is 16.5. The number of carbonyl (C=O) groups is 1. The van der Waals surface area contributed by atoms with Gasteiger partial charge < -0.3 is 15.8 Å². The number of carbonyl (C=O) groups excluding carboxylic acids is 1. The van der Waals surface area contributed by atoms with E-state index < -0.39 is 0 Å². The van der Waals surface area contributed by atoms with Crippen molar-refractivity contribution in [2.24, 2.45) is 0 Å². The number of anilines is 1. The largest absolute Gasteiger partial charge is 0.455 e. The predicted molar refractivity (Wildman–Crippen MR) is 105 cm³/mol. The molecule has 3 N–H and O–H groups in total. The monoisotopic (exact) mass is 338 g/mol. The van der Waals surface area contributed by atoms with E-state index in [-0.39, 0.29) is 5.91 Å². The van der Waals surface area contributed by atoms with Crippen molar-refractivity contribution < 1.29 is 9.53 Å². The van der Waals surface area contributed by atoms with Crippen LogP contribution in [0.25, 0.3) is 0 Å². The van der Waals surface area contributed by atoms with Crippen molar-refractivity contribution in [1.29, 1.82) is 0 Å². The minimum Gasteiger partial charge on any atom is -0.455 e. The van der Waals surface area contributed by atoms with Crippen LogP contribution in [-0.4, -0.2) is 5.91 Å². The Morgan fingerprint density at radius 3 is 2.32 bits per heavy atom. The van der Waals surface area contributed by atoms with Gasteiger partial charge in [-0.2, -0.15) is 0 Å². The van der Waals surface area contributed by atoms with Crippen LogP contribution in [0.1, 0.15) is 38.1 Å². The molecule has 0 heterocycles. The number of hydrogen-bond donors (Lipinski definition) is 2. The normalized spacial score (nSPS) is 10.8. The summed E-state index contributed by atoms with van der Waals surface area (Å²) in [5, 5.41) is 2.82. The molecule has 0 unspecified atom stereocenters. The lowest BCUT2D eigenvalue weighted by atomic mass is 10.1. The summed E-state index contributed by atoms with van der Waals surface area (Å²) in [7, 11) is 0. The van der Waals surface area contributed by atoms with E-state index in [4.69, 9.17) is 10.5 Å². The van der Waals surface area contributed by atoms with E-state index in [1.165, 1.54) is 0 Å². The second-order valence-electron chi connectivity index (χ2n) is 4.87. The van der Waals surface area contributed by atoms with Crippen molar-refractivity contribution in [2.75, 3.05) is 5.73 Å². The lowest BCUT2D eigenvalue weighted by Crippen LogP contribution is -2.21. The lowest BCUT2D eigenvalue weighted by Gasteiger charge is -2.10. The average molecular weight is 338 g/mol. The van der Waals surface area contributed by atoms with Gasteiger partial charge in [0.05, 0.1) is 5.69 Å². The molecule has 25 heavy (non-hydrogen) atoms. The molecule has 2 rings (SSSR count). The van der Waals surface area contributed by atoms with Crippen molar-refractivity contribution >= 4 is 11.6 Å². The zero-order valence-electron chi connectivity index (χ0n) is 15.2. The summed E-state index contributed by atoms with van der Waals surface area (Å²) < 4.78 is 5.71. The molecule has 4 nitrogen and oxygen atoms in total. The van der Waals surface area contributed by atoms with Gasteiger partial charge in [0.1, 0.15) is 11.5 Å². The number of amides is 1. The first kappa shape index (κ1) is 20.0. The summed E-state index contributed by atoms with van der Waals surface area (Å²) in [5.74, 6) is 1.00. The van der Waals surface area contributed by atoms with Gasteiger partial charge in [0, 0.05) is 11.3 Å². The standard InChI is InChI=1S/C19H20N2O2.C2H6/c1-3-8-15(4-2)21-19(22)14-11-12-18(17(20)13-14)23-16-9-6-5-7-10-16;1-2/h3-13H,20H2,1-2H3,(H,21,22);1-2H3/b8-3-,15-4+;. The molecule has 0 aliphatic carbocycles. The minimum absolute atomic E-state index is 0.214. The topological polar surface area (TPSA) is 64.3 Å². The number of benzene rings is 2. The van der Waals surface area contributed by atoms with E-state index in [1.54, 1.807) is 18.2 Å². The van der Waals surface area contributed by atoms with Crippen LogP contribution >= 0.6 is 0 Å². The maximum Gasteiger partial charge on any atom is 0.255 e. The van der Waals surface area contributed by atoms with Gasteiger partial charge in [-0.3, -0.25) is 4.79 Å². The molecule has 0 aliphatic rings. The van der Waals surface area contributed by atoms with E-state index in [1.807, 2.05) is 76.3 Å². The predicted octanol–water partition coefficient (Wildman–Crippen LogP) is 5.30. The Hall–Kier alpha value is -3.01. The van der Waals surface area contributed by atoms with Crippen LogP contribution in [0.3, 0.4) is 0 Å². The number of allylic oxidation sites excluding steroid dienone is 3. The number of para-hydroxylation sites is 1. The fourth-order valence-electron chi connectivity index (χ4n) is 1.99. The van der Waals surface area contributed by atoms with Gasteiger partial charge in [-0.25, -0.2) is 0 Å². The summed E-state index contributed by atoms with van der Waals surface area (Å²) in [6, 6.07) is 14.4. The molecule has 0 aliphatic heterocycles. The van der Waals surface area contributed by atoms with Crippen molar-refractivity contribution in [3.63, 3.8) is 0 Å². The molecule has 0 radical (unpaired) electrons. The third-order valence-electron chi connectivity index (χ3n) is 3.16. The summed E-state index contributed by atoms with van der Waals surface area (Å²) in [4.78, 5) is 12.2. The molecule has 132 valence electrons. The summed E-state index contributed by atoms with van der Waals surface area (Å²) in [6.07, 6.45) is 5.52. The second kappa shape index (κ2) is 10.7. The molecule has 0 saturated heterocycles. The first-order valence-corrected chi connectivity index (χ1v) is 8.37. The molecular weight excluding hydrogens is 312 g/mol. The Bertz CT molecular complexity index is 735. The van der Waals surface area contributed by atoms with E-state index >= 15 is 0 Å². The highest BCUT2D eigenvalue weighted by Crippen LogP contribution is 2.28. The van der Waals surface area contributed by atoms with Gasteiger partial charge in [-0.1, -0.05) is 44.2 Å². The number of rotatable bonds is 5. The van der Waals surface area contributed by atoms with Gasteiger partial charge >= 0.3 is 0 Å². The fraction of sp³-hybridized carbons (Fsp3) is 0.190. The van der Waals surface area contributed by atoms with Crippen molar-refractivity contribution in [2.45, 2.75) is 27.7 Å². The first-order valence-electron chi connectivity index (χ1n) is 8.37. The molecular formula is C21H26N2O2. The van der Waals surface area contributed by atoms with Crippen molar-refractivity contribution in [1.82, 2.24) is 5.32 Å². The summed E-state index contributed by atoms with van der Waals surface area (Å²) in [6.45, 7) is 7.75. The minimum atomic E-state index is -0.214. The van der Waals surface area contributed by atoms with Crippen LogP contribution in [0, 0.1) is 0 Å². The maximum atomic E-state index is 12.2. The average Bonchev–Trinajstić information content (AvgIpc) is 2.65. The van der Waals surface area contributed by atoms with Crippen LogP contribution < -0.4 is 15.8 Å². The Morgan fingerprint density at radius 2 is 1.76 bits per heavy atom. The quantitative estimate of drug-likeness (QED) is 0.574. The van der Waals surface area contributed by atoms with E-state index in [9.17, 15) is 4.79 Å². The van der Waals surface area contributed by atoms with Gasteiger partial charge in [0.2, 0.25) is 0 Å². The van der Waals surface area contributed by atoms with E-state index in [0.29, 0.717) is 22.7 Å². The molecule has 2 aromatic rings. The Balaban J connectivity index is 0.00000151. The highest BCUT2D eigenvalue weighted by Gasteiger charge is 2.10. The molecule has 1 amide bonds. The number of hydrogen-bond acceptors (Lipinski definition) is 3. The van der Waals surface area contributed by atoms with Crippen LogP contribution in [0.2, 0.25) is 0 Å². The number of ether oxygens (including phenoxy) is 1. The molecule has 0 saturated carbocycles. The van der Waals surface area contributed by atoms with Crippen LogP contribution in [0.5, 0.6) is 11.5 Å². The lowest BCUT2D eigenvalue weighted by molar-refractivity contribution is 0.0967. The SMILES string of the molecule is C/C=C\C(=C/C)NC(=O)c1ccc(Oc2ccccc2)c(N)c1.CC. The highest BCUT2D eigenvalue weighted by molar-refractivity contribution is 5.96. The fourth-order valence-corrected chi connectivity index (χ4v) is 1.99. The molecule has 0 spiro atoms. The second-order valence-corrected chi connectivity index (χ2v) is 4.87. The number of nitrogens with two attached hydrogens (primary N) is 1. The van der Waals surface area contributed by atoms with Gasteiger partial charge in [0.25, 0.3) is 5.91 Å². The molecule has 4 heteroatoms. The summed E-state index contributed by atoms with van der Waals surface area (Å²) >= 11 is 0. The third kappa shape index (κ3) is 6.18. The number of nitrogen functional groups attached to an aromatic ring is 1. The summed E-state index contributed by atoms with van der Waals surface area (Å²) in [5.41, 5.74) is 7.62. The Kier molecular flexibility index (Phi) is 8.58. The van der Waals surface area contributed by atoms with Crippen LogP contribution in [-0.2, 0) is 0 Å². The van der Waals surface area contributed by atoms with Crippen LogP contribution in [0.15, 0.2) is 72.5 Å². The molecule has 0 atom stereocenters. The number of nitrogens with one attached hydrogen (secondary N) is 1. The van der Waals surface area contributed by atoms with E-state index in [0.717, 1.165) is 5.70 Å². The van der Waals surface area contributed by atoms with Gasteiger partial charge in [-0.15, -0.1) is 0 Å². The van der Waals surface area contributed by atoms with Gasteiger partial charge in [-0.05, 0) is 50.3 Å².